The van der Waals surface area contributed by atoms with Crippen molar-refractivity contribution in [3.05, 3.63) is 149 Å². The quantitative estimate of drug-likeness (QED) is 0.0972. The molecule has 0 aromatic heterocycles. The Bertz CT molecular complexity index is 3500. The normalized spacial score (nSPS) is 22.8. The van der Waals surface area contributed by atoms with Crippen LogP contribution in [0.2, 0.25) is 0 Å². The molecule has 16 nitrogen and oxygen atoms in total. The van der Waals surface area contributed by atoms with E-state index in [9.17, 15) is 29.4 Å². The number of rotatable bonds is 10. The van der Waals surface area contributed by atoms with Crippen LogP contribution in [0.5, 0.6) is 0 Å². The van der Waals surface area contributed by atoms with Gasteiger partial charge in [-0.3, -0.25) is 24.2 Å². The fourth-order valence-corrected chi connectivity index (χ4v) is 13.5. The topological polar surface area (TPSA) is 193 Å². The lowest BCUT2D eigenvalue weighted by Gasteiger charge is -2.50. The Morgan fingerprint density at radius 3 is 2.54 bits per heavy atom. The molecule has 3 fully saturated rings. The van der Waals surface area contributed by atoms with E-state index in [0.29, 0.717) is 33.4 Å². The predicted molar refractivity (Wildman–Crippen MR) is 260 cm³/mol. The first kappa shape index (κ1) is 44.0. The van der Waals surface area contributed by atoms with Crippen molar-refractivity contribution in [1.82, 2.24) is 24.0 Å². The van der Waals surface area contributed by atoms with Crippen LogP contribution in [0.3, 0.4) is 0 Å². The Labute approximate surface area is 405 Å². The minimum absolute atomic E-state index is 0.00329. The van der Waals surface area contributed by atoms with E-state index >= 15 is 8.42 Å². The minimum atomic E-state index is -4.37. The summed E-state index contributed by atoms with van der Waals surface area (Å²) < 4.78 is 46.0. The Balaban J connectivity index is 0.893. The maximum atomic E-state index is 15.0. The van der Waals surface area contributed by atoms with Crippen LogP contribution in [-0.4, -0.2) is 119 Å². The van der Waals surface area contributed by atoms with Gasteiger partial charge in [0.25, 0.3) is 11.8 Å². The number of carbonyl (C=O) groups excluding carboxylic acids is 3. The van der Waals surface area contributed by atoms with Crippen LogP contribution >= 0.6 is 11.8 Å². The van der Waals surface area contributed by atoms with Gasteiger partial charge in [0, 0.05) is 89.5 Å². The lowest BCUT2D eigenvalue weighted by atomic mass is 9.93. The zero-order valence-electron chi connectivity index (χ0n) is 37.6. The number of carboxylic acid groups (broad SMARTS) is 1. The number of nitrogens with zero attached hydrogens (tertiary/aromatic N) is 5. The molecule has 18 heteroatoms. The van der Waals surface area contributed by atoms with Crippen molar-refractivity contribution in [2.75, 3.05) is 43.9 Å². The molecule has 1 aliphatic carbocycles. The smallest absolute Gasteiger partial charge is 0.352 e. The van der Waals surface area contributed by atoms with Crippen molar-refractivity contribution in [1.29, 1.82) is 0 Å². The Hall–Kier alpha value is -7.25. The summed E-state index contributed by atoms with van der Waals surface area (Å²) in [6.45, 7) is 0.806. The first-order valence-corrected chi connectivity index (χ1v) is 25.5. The molecule has 1 unspecified atom stereocenters. The molecule has 0 spiro atoms. The highest BCUT2D eigenvalue weighted by atomic mass is 32.2. The molecule has 4 aromatic carbocycles. The summed E-state index contributed by atoms with van der Waals surface area (Å²) in [6, 6.07) is 33.2. The molecule has 70 heavy (non-hydrogen) atoms. The second-order valence-electron chi connectivity index (χ2n) is 18.1. The Kier molecular flexibility index (Phi) is 10.5. The first-order chi connectivity index (χ1) is 33.9. The average Bonchev–Trinajstić information content (AvgIpc) is 4.08. The molecule has 7 heterocycles. The third-order valence-electron chi connectivity index (χ3n) is 14.2. The van der Waals surface area contributed by atoms with Crippen molar-refractivity contribution in [2.24, 2.45) is 0 Å². The number of sulfonamides is 1. The van der Waals surface area contributed by atoms with E-state index in [0.717, 1.165) is 57.6 Å². The zero-order valence-corrected chi connectivity index (χ0v) is 39.3. The summed E-state index contributed by atoms with van der Waals surface area (Å²) in [6.07, 6.45) is 2.51. The number of fused-ring (bicyclic) bond motifs is 6. The number of nitrogens with one attached hydrogen (secondary N) is 1. The minimum Gasteiger partial charge on any atom is -0.477 e. The van der Waals surface area contributed by atoms with Crippen molar-refractivity contribution in [3.8, 4) is 22.5 Å². The van der Waals surface area contributed by atoms with E-state index in [1.165, 1.54) is 40.9 Å². The SMILES string of the molecule is CN(CC1=C(C(=O)O)N2C(=O)[C@@H](NC(=O)[C@H]3/C(=C/CO)O[C@@H]4CC(=O)N43)C2SC1)S(=O)(=O)c1ccccc1-c1c2ccc(=[N+]3CCc4ccccc43)cc-2oc2cc(N3CCc4ccccc43)ccc12. The highest BCUT2D eigenvalue weighted by Crippen LogP contribution is 2.46. The number of amides is 3. The van der Waals surface area contributed by atoms with Gasteiger partial charge in [0.05, 0.1) is 24.0 Å². The van der Waals surface area contributed by atoms with Gasteiger partial charge in [0.2, 0.25) is 27.0 Å². The standard InChI is InChI=1S/C52H44N6O10S2/c1-54(27-31-28-69-51-46(50(62)58(51)47(31)52(63)64)53-49(61)48-39(20-23-59)68-44-26-43(60)57(44)48)70(65,66)42-13-7-4-10-36(42)45-34-16-14-32(55-21-18-29-8-2-5-11-37(29)55)24-40(34)67-41-25-33(15-17-35(41)45)56-22-19-30-9-3-6-12-38(30)56/h2-17,20,24-25,44,46,48,51,59H,18-19,21-23,26-28H2,1H3,(H-,53,61,63,64)/p+1/b39-20-/t44-,46-,48-,51?/m1/s1. The average molecular weight is 978 g/mol. The monoisotopic (exact) mass is 977 g/mol. The van der Waals surface area contributed by atoms with Crippen LogP contribution in [-0.2, 0) is 46.8 Å². The molecule has 4 aromatic rings. The zero-order chi connectivity index (χ0) is 48.2. The molecule has 0 bridgehead atoms. The molecular formula is C52H45N6O10S2+. The van der Waals surface area contributed by atoms with E-state index in [2.05, 4.69) is 39.1 Å². The summed E-state index contributed by atoms with van der Waals surface area (Å²) >= 11 is 1.19. The molecule has 3 saturated heterocycles. The summed E-state index contributed by atoms with van der Waals surface area (Å²) in [5.41, 5.74) is 7.90. The molecule has 3 N–H and O–H groups in total. The number of carbonyl (C=O) groups is 4. The summed E-state index contributed by atoms with van der Waals surface area (Å²) in [7, 11) is -2.98. The molecule has 4 atom stereocenters. The second kappa shape index (κ2) is 16.7. The molecule has 354 valence electrons. The van der Waals surface area contributed by atoms with E-state index in [1.54, 1.807) is 24.3 Å². The highest BCUT2D eigenvalue weighted by Gasteiger charge is 2.58. The first-order valence-electron chi connectivity index (χ1n) is 23.0. The number of aliphatic carboxylic acids is 1. The molecule has 0 saturated carbocycles. The van der Waals surface area contributed by atoms with Gasteiger partial charge in [0.1, 0.15) is 34.2 Å². The molecular weight excluding hydrogens is 933 g/mol. The lowest BCUT2D eigenvalue weighted by molar-refractivity contribution is -0.160. The van der Waals surface area contributed by atoms with Gasteiger partial charge in [-0.25, -0.2) is 13.2 Å². The Morgan fingerprint density at radius 2 is 1.73 bits per heavy atom. The predicted octanol–water partition coefficient (Wildman–Crippen LogP) is 4.75. The summed E-state index contributed by atoms with van der Waals surface area (Å²) in [4.78, 5) is 57.2. The van der Waals surface area contributed by atoms with Crippen LogP contribution in [0.25, 0.3) is 33.4 Å². The van der Waals surface area contributed by atoms with Gasteiger partial charge in [-0.2, -0.15) is 8.88 Å². The third kappa shape index (κ3) is 6.86. The summed E-state index contributed by atoms with van der Waals surface area (Å²) in [5.74, 6) is -2.43. The number of benzene rings is 5. The Morgan fingerprint density at radius 1 is 0.943 bits per heavy atom. The van der Waals surface area contributed by atoms with Gasteiger partial charge in [-0.05, 0) is 54.0 Å². The van der Waals surface area contributed by atoms with Crippen LogP contribution in [0.1, 0.15) is 17.5 Å². The number of hydrogen-bond acceptors (Lipinski definition) is 11. The van der Waals surface area contributed by atoms with Gasteiger partial charge >= 0.3 is 5.97 Å². The summed E-state index contributed by atoms with van der Waals surface area (Å²) in [5, 5.41) is 23.6. The van der Waals surface area contributed by atoms with E-state index in [4.69, 9.17) is 9.15 Å². The van der Waals surface area contributed by atoms with E-state index < -0.39 is 58.1 Å². The number of ether oxygens (including phenoxy) is 1. The van der Waals surface area contributed by atoms with Crippen molar-refractivity contribution < 1.29 is 47.0 Å². The van der Waals surface area contributed by atoms with Crippen molar-refractivity contribution in [2.45, 2.75) is 47.8 Å². The largest absolute Gasteiger partial charge is 0.477 e. The fourth-order valence-electron chi connectivity index (χ4n) is 10.8. The maximum Gasteiger partial charge on any atom is 0.352 e. The third-order valence-corrected chi connectivity index (χ3v) is 17.4. The number of hydrogen-bond donors (Lipinski definition) is 3. The van der Waals surface area contributed by atoms with E-state index in [1.807, 2.05) is 60.7 Å². The number of aliphatic hydroxyl groups is 1. The number of thioether (sulfide) groups is 1. The van der Waals surface area contributed by atoms with Gasteiger partial charge in [0.15, 0.2) is 18.8 Å². The second-order valence-corrected chi connectivity index (χ2v) is 21.2. The molecule has 0 radical (unpaired) electrons. The molecule has 12 rings (SSSR count). The number of para-hydroxylation sites is 2. The molecule has 8 aliphatic rings. The molecule has 7 aliphatic heterocycles. The van der Waals surface area contributed by atoms with Crippen LogP contribution < -0.4 is 20.1 Å². The number of β-lactam (4-membered cyclic amide) rings is 2. The number of likely N-dealkylation sites (N-methyl/N-ethyl adjacent to an activating group) is 1. The lowest BCUT2D eigenvalue weighted by Crippen LogP contribution is -2.72. The highest BCUT2D eigenvalue weighted by molar-refractivity contribution is 8.00. The maximum absolute atomic E-state index is 15.0. The van der Waals surface area contributed by atoms with Crippen LogP contribution in [0.4, 0.5) is 17.1 Å². The number of anilines is 2. The van der Waals surface area contributed by atoms with Crippen LogP contribution in [0.15, 0.2) is 142 Å². The van der Waals surface area contributed by atoms with Crippen LogP contribution in [0, 0.1) is 0 Å². The van der Waals surface area contributed by atoms with Crippen molar-refractivity contribution >= 4 is 73.5 Å². The fraction of sp³-hybridized carbons (Fsp3) is 0.250. The van der Waals surface area contributed by atoms with Gasteiger partial charge in [-0.15, -0.1) is 11.8 Å². The van der Waals surface area contributed by atoms with Gasteiger partial charge in [-0.1, -0.05) is 54.6 Å². The van der Waals surface area contributed by atoms with Crippen molar-refractivity contribution in [3.63, 3.8) is 0 Å². The number of carboxylic acids is 1. The van der Waals surface area contributed by atoms with Gasteiger partial charge < -0.3 is 29.6 Å². The van der Waals surface area contributed by atoms with E-state index in [-0.39, 0.29) is 46.6 Å². The molecule has 3 amide bonds. The number of aliphatic hydroxyl groups excluding tert-OH is 1.